The molecule has 18 heavy (non-hydrogen) atoms. The van der Waals surface area contributed by atoms with Crippen molar-refractivity contribution in [3.63, 3.8) is 0 Å². The van der Waals surface area contributed by atoms with E-state index in [0.717, 1.165) is 16.9 Å². The van der Waals surface area contributed by atoms with Crippen LogP contribution in [0.1, 0.15) is 18.1 Å². The Bertz CT molecular complexity index is 521. The number of benzene rings is 1. The first-order valence-electron chi connectivity index (χ1n) is 5.60. The van der Waals surface area contributed by atoms with Crippen LogP contribution in [-0.4, -0.2) is 15.9 Å². The fourth-order valence-corrected chi connectivity index (χ4v) is 1.50. The van der Waals surface area contributed by atoms with Crippen molar-refractivity contribution in [3.05, 3.63) is 59.9 Å². The van der Waals surface area contributed by atoms with Gasteiger partial charge in [-0.1, -0.05) is 5.16 Å². The standard InChI is InChI=1S/C14H14N2O2/c1-11(16-17)13-2-4-14(5-3-13)18-10-12-6-8-15-9-7-12/h2-9,17H,10H2,1H3/b16-11+. The van der Waals surface area contributed by atoms with Crippen LogP contribution in [0.15, 0.2) is 53.9 Å². The molecular weight excluding hydrogens is 228 g/mol. The van der Waals surface area contributed by atoms with E-state index in [1.54, 1.807) is 19.3 Å². The minimum Gasteiger partial charge on any atom is -0.489 e. The van der Waals surface area contributed by atoms with Crippen LogP contribution in [0, 0.1) is 0 Å². The SMILES string of the molecule is C/C(=N\O)c1ccc(OCc2ccncc2)cc1. The Morgan fingerprint density at radius 2 is 1.83 bits per heavy atom. The molecule has 1 aromatic carbocycles. The number of rotatable bonds is 4. The van der Waals surface area contributed by atoms with Crippen LogP contribution in [0.5, 0.6) is 5.75 Å². The van der Waals surface area contributed by atoms with Crippen LogP contribution in [0.25, 0.3) is 0 Å². The van der Waals surface area contributed by atoms with Gasteiger partial charge in [0.15, 0.2) is 0 Å². The van der Waals surface area contributed by atoms with Crippen molar-refractivity contribution >= 4 is 5.71 Å². The van der Waals surface area contributed by atoms with E-state index in [2.05, 4.69) is 10.1 Å². The van der Waals surface area contributed by atoms with Gasteiger partial charge in [-0.05, 0) is 54.4 Å². The van der Waals surface area contributed by atoms with Gasteiger partial charge in [0.2, 0.25) is 0 Å². The molecule has 2 aromatic rings. The van der Waals surface area contributed by atoms with E-state index in [1.807, 2.05) is 36.4 Å². The average molecular weight is 242 g/mol. The van der Waals surface area contributed by atoms with Crippen LogP contribution in [0.3, 0.4) is 0 Å². The van der Waals surface area contributed by atoms with Gasteiger partial charge in [-0.2, -0.15) is 0 Å². The van der Waals surface area contributed by atoms with E-state index in [4.69, 9.17) is 9.94 Å². The first-order chi connectivity index (χ1) is 8.79. The van der Waals surface area contributed by atoms with Crippen molar-refractivity contribution in [2.24, 2.45) is 5.16 Å². The summed E-state index contributed by atoms with van der Waals surface area (Å²) in [7, 11) is 0. The van der Waals surface area contributed by atoms with Crippen molar-refractivity contribution in [2.75, 3.05) is 0 Å². The minimum atomic E-state index is 0.509. The third-order valence-electron chi connectivity index (χ3n) is 2.58. The highest BCUT2D eigenvalue weighted by molar-refractivity contribution is 5.98. The smallest absolute Gasteiger partial charge is 0.119 e. The third kappa shape index (κ3) is 3.07. The number of hydrogen-bond donors (Lipinski definition) is 1. The van der Waals surface area contributed by atoms with Gasteiger partial charge in [-0.3, -0.25) is 4.98 Å². The molecule has 92 valence electrons. The summed E-state index contributed by atoms with van der Waals surface area (Å²) < 4.78 is 5.63. The fraction of sp³-hybridized carbons (Fsp3) is 0.143. The van der Waals surface area contributed by atoms with Crippen LogP contribution in [0.2, 0.25) is 0 Å². The lowest BCUT2D eigenvalue weighted by atomic mass is 10.1. The first kappa shape index (κ1) is 12.1. The lowest BCUT2D eigenvalue weighted by molar-refractivity contribution is 0.306. The normalized spacial score (nSPS) is 11.3. The van der Waals surface area contributed by atoms with Gasteiger partial charge in [0.1, 0.15) is 12.4 Å². The summed E-state index contributed by atoms with van der Waals surface area (Å²) >= 11 is 0. The van der Waals surface area contributed by atoms with Gasteiger partial charge in [0, 0.05) is 12.4 Å². The Morgan fingerprint density at radius 1 is 1.17 bits per heavy atom. The number of nitrogens with zero attached hydrogens (tertiary/aromatic N) is 2. The number of oxime groups is 1. The monoisotopic (exact) mass is 242 g/mol. The minimum absolute atomic E-state index is 0.509. The molecular formula is C14H14N2O2. The van der Waals surface area contributed by atoms with E-state index < -0.39 is 0 Å². The van der Waals surface area contributed by atoms with Gasteiger partial charge in [0.05, 0.1) is 5.71 Å². The van der Waals surface area contributed by atoms with Crippen LogP contribution in [-0.2, 0) is 6.61 Å². The fourth-order valence-electron chi connectivity index (χ4n) is 1.50. The van der Waals surface area contributed by atoms with Crippen molar-refractivity contribution in [2.45, 2.75) is 13.5 Å². The molecule has 1 aromatic heterocycles. The molecule has 1 N–H and O–H groups in total. The maximum absolute atomic E-state index is 8.66. The predicted octanol–water partition coefficient (Wildman–Crippen LogP) is 2.86. The van der Waals surface area contributed by atoms with Gasteiger partial charge >= 0.3 is 0 Å². The maximum Gasteiger partial charge on any atom is 0.119 e. The molecule has 4 nitrogen and oxygen atoms in total. The van der Waals surface area contributed by atoms with Crippen LogP contribution in [0.4, 0.5) is 0 Å². The number of aromatic nitrogens is 1. The van der Waals surface area contributed by atoms with E-state index in [0.29, 0.717) is 12.3 Å². The number of ether oxygens (including phenoxy) is 1. The van der Waals surface area contributed by atoms with E-state index in [-0.39, 0.29) is 0 Å². The Balaban J connectivity index is 1.99. The van der Waals surface area contributed by atoms with Gasteiger partial charge in [0.25, 0.3) is 0 Å². The van der Waals surface area contributed by atoms with Crippen LogP contribution < -0.4 is 4.74 Å². The molecule has 0 unspecified atom stereocenters. The molecule has 0 aliphatic rings. The largest absolute Gasteiger partial charge is 0.489 e. The predicted molar refractivity (Wildman–Crippen MR) is 69.0 cm³/mol. The lowest BCUT2D eigenvalue weighted by Gasteiger charge is -2.06. The Hall–Kier alpha value is -2.36. The molecule has 0 atom stereocenters. The third-order valence-corrected chi connectivity index (χ3v) is 2.58. The summed E-state index contributed by atoms with van der Waals surface area (Å²) in [4.78, 5) is 3.95. The summed E-state index contributed by atoms with van der Waals surface area (Å²) in [6.07, 6.45) is 3.48. The second-order valence-corrected chi connectivity index (χ2v) is 3.85. The van der Waals surface area contributed by atoms with Crippen LogP contribution >= 0.6 is 0 Å². The molecule has 0 aliphatic heterocycles. The molecule has 0 saturated heterocycles. The van der Waals surface area contributed by atoms with Crippen molar-refractivity contribution in [1.82, 2.24) is 4.98 Å². The zero-order valence-corrected chi connectivity index (χ0v) is 10.1. The Labute approximate surface area is 106 Å². The first-order valence-corrected chi connectivity index (χ1v) is 5.60. The number of hydrogen-bond acceptors (Lipinski definition) is 4. The second-order valence-electron chi connectivity index (χ2n) is 3.85. The second kappa shape index (κ2) is 5.82. The molecule has 0 amide bonds. The van der Waals surface area contributed by atoms with Crippen molar-refractivity contribution < 1.29 is 9.94 Å². The highest BCUT2D eigenvalue weighted by Gasteiger charge is 1.99. The quantitative estimate of drug-likeness (QED) is 0.509. The molecule has 0 aliphatic carbocycles. The highest BCUT2D eigenvalue weighted by Crippen LogP contribution is 2.14. The molecule has 0 bridgehead atoms. The maximum atomic E-state index is 8.66. The van der Waals surface area contributed by atoms with Gasteiger partial charge < -0.3 is 9.94 Å². The Kier molecular flexibility index (Phi) is 3.91. The number of pyridine rings is 1. The molecule has 2 rings (SSSR count). The summed E-state index contributed by atoms with van der Waals surface area (Å²) in [6, 6.07) is 11.2. The molecule has 0 saturated carbocycles. The van der Waals surface area contributed by atoms with Gasteiger partial charge in [-0.25, -0.2) is 0 Å². The summed E-state index contributed by atoms with van der Waals surface area (Å²) in [5, 5.41) is 11.8. The molecule has 0 radical (unpaired) electrons. The highest BCUT2D eigenvalue weighted by atomic mass is 16.5. The molecule has 0 fully saturated rings. The van der Waals surface area contributed by atoms with E-state index in [9.17, 15) is 0 Å². The molecule has 0 spiro atoms. The zero-order chi connectivity index (χ0) is 12.8. The van der Waals surface area contributed by atoms with E-state index >= 15 is 0 Å². The van der Waals surface area contributed by atoms with Crippen molar-refractivity contribution in [1.29, 1.82) is 0 Å². The van der Waals surface area contributed by atoms with E-state index in [1.165, 1.54) is 0 Å². The zero-order valence-electron chi connectivity index (χ0n) is 10.1. The summed E-state index contributed by atoms with van der Waals surface area (Å²) in [5.41, 5.74) is 2.52. The average Bonchev–Trinajstić information content (AvgIpc) is 2.46. The lowest BCUT2D eigenvalue weighted by Crippen LogP contribution is -1.97. The van der Waals surface area contributed by atoms with Crippen molar-refractivity contribution in [3.8, 4) is 5.75 Å². The topological polar surface area (TPSA) is 54.7 Å². The summed E-state index contributed by atoms with van der Waals surface area (Å²) in [5.74, 6) is 0.779. The van der Waals surface area contributed by atoms with Gasteiger partial charge in [-0.15, -0.1) is 0 Å². The summed E-state index contributed by atoms with van der Waals surface area (Å²) in [6.45, 7) is 2.25. The Morgan fingerprint density at radius 3 is 2.44 bits per heavy atom. The molecule has 4 heteroatoms. The molecule has 1 heterocycles.